The lowest BCUT2D eigenvalue weighted by molar-refractivity contribution is 0.101. The largest absolute Gasteiger partial charge is 0.325 e. The van der Waals surface area contributed by atoms with Crippen LogP contribution in [-0.4, -0.2) is 10.8 Å². The summed E-state index contributed by atoms with van der Waals surface area (Å²) >= 11 is 1.42. The molecule has 0 fully saturated rings. The number of nitrogens with two attached hydrogens (primary N) is 1. The van der Waals surface area contributed by atoms with Gasteiger partial charge in [0.05, 0.1) is 0 Å². The number of thiazole rings is 1. The van der Waals surface area contributed by atoms with Gasteiger partial charge < -0.3 is 5.73 Å². The number of carbonyl (C=O) groups is 1. The van der Waals surface area contributed by atoms with Gasteiger partial charge in [-0.05, 0) is 0 Å². The number of ketones is 1. The highest BCUT2D eigenvalue weighted by Crippen LogP contribution is 2.08. The Morgan fingerprint density at radius 1 is 1.67 bits per heavy atom. The lowest BCUT2D eigenvalue weighted by Crippen LogP contribution is -1.97. The van der Waals surface area contributed by atoms with Crippen LogP contribution in [0.15, 0.2) is 5.38 Å². The van der Waals surface area contributed by atoms with Crippen LogP contribution in [0.4, 0.5) is 0 Å². The van der Waals surface area contributed by atoms with Crippen LogP contribution in [0.2, 0.25) is 0 Å². The molecule has 0 atom stereocenters. The van der Waals surface area contributed by atoms with E-state index in [1.165, 1.54) is 18.3 Å². The van der Waals surface area contributed by atoms with Gasteiger partial charge in [0, 0.05) is 18.8 Å². The monoisotopic (exact) mass is 228 g/mol. The Hall–Kier alpha value is -0.160. The van der Waals surface area contributed by atoms with Crippen LogP contribution in [0.1, 0.15) is 22.4 Å². The van der Waals surface area contributed by atoms with Crippen molar-refractivity contribution in [3.63, 3.8) is 0 Å². The van der Waals surface area contributed by atoms with Crippen molar-refractivity contribution in [2.45, 2.75) is 13.5 Å². The Morgan fingerprint density at radius 2 is 2.25 bits per heavy atom. The predicted octanol–water partition coefficient (Wildman–Crippen LogP) is 1.65. The van der Waals surface area contributed by atoms with E-state index in [9.17, 15) is 4.79 Å². The van der Waals surface area contributed by atoms with Crippen molar-refractivity contribution in [1.29, 1.82) is 0 Å². The molecule has 0 aliphatic rings. The molecule has 0 aliphatic carbocycles. The van der Waals surface area contributed by atoms with Gasteiger partial charge >= 0.3 is 0 Å². The van der Waals surface area contributed by atoms with Gasteiger partial charge in [0.25, 0.3) is 0 Å². The molecule has 1 heterocycles. The van der Waals surface area contributed by atoms with E-state index in [2.05, 4.69) is 4.98 Å². The fourth-order valence-electron chi connectivity index (χ4n) is 0.566. The van der Waals surface area contributed by atoms with Crippen molar-refractivity contribution in [2.24, 2.45) is 5.73 Å². The third-order valence-electron chi connectivity index (χ3n) is 1.09. The van der Waals surface area contributed by atoms with E-state index < -0.39 is 0 Å². The molecular formula is C6H10Cl2N2OS. The number of nitrogens with zero attached hydrogens (tertiary/aromatic N) is 1. The van der Waals surface area contributed by atoms with Crippen LogP contribution in [0.25, 0.3) is 0 Å². The van der Waals surface area contributed by atoms with Gasteiger partial charge in [-0.3, -0.25) is 4.79 Å². The van der Waals surface area contributed by atoms with Crippen LogP contribution in [-0.2, 0) is 6.54 Å². The standard InChI is InChI=1S/C6H8N2OS.2ClH/c1-4(9)5-3-10-6(2-7)8-5;;/h3H,2,7H2,1H3;2*1H. The molecule has 0 saturated heterocycles. The smallest absolute Gasteiger partial charge is 0.178 e. The van der Waals surface area contributed by atoms with E-state index in [4.69, 9.17) is 5.73 Å². The van der Waals surface area contributed by atoms with E-state index >= 15 is 0 Å². The number of halogens is 2. The molecule has 2 N–H and O–H groups in total. The molecular weight excluding hydrogens is 219 g/mol. The lowest BCUT2D eigenvalue weighted by Gasteiger charge is -1.83. The fraction of sp³-hybridized carbons (Fsp3) is 0.333. The van der Waals surface area contributed by atoms with Crippen molar-refractivity contribution in [3.05, 3.63) is 16.1 Å². The number of carbonyl (C=O) groups excluding carboxylic acids is 1. The summed E-state index contributed by atoms with van der Waals surface area (Å²) in [5.41, 5.74) is 5.82. The van der Waals surface area contributed by atoms with Crippen molar-refractivity contribution in [1.82, 2.24) is 4.98 Å². The Kier molecular flexibility index (Phi) is 7.62. The maximum Gasteiger partial charge on any atom is 0.178 e. The number of hydrogen-bond donors (Lipinski definition) is 1. The molecule has 0 radical (unpaired) electrons. The Bertz CT molecular complexity index is 251. The third-order valence-corrected chi connectivity index (χ3v) is 1.96. The highest BCUT2D eigenvalue weighted by molar-refractivity contribution is 7.09. The lowest BCUT2D eigenvalue weighted by atomic mass is 10.4. The van der Waals surface area contributed by atoms with Gasteiger partial charge in [-0.25, -0.2) is 4.98 Å². The van der Waals surface area contributed by atoms with Crippen LogP contribution >= 0.6 is 36.2 Å². The second kappa shape index (κ2) is 6.37. The first-order valence-electron chi connectivity index (χ1n) is 2.89. The molecule has 0 bridgehead atoms. The molecule has 0 aliphatic heterocycles. The average Bonchev–Trinajstić information content (AvgIpc) is 2.34. The summed E-state index contributed by atoms with van der Waals surface area (Å²) in [7, 11) is 0. The quantitative estimate of drug-likeness (QED) is 0.784. The molecule has 0 saturated carbocycles. The zero-order valence-corrected chi connectivity index (χ0v) is 8.89. The molecule has 1 aromatic heterocycles. The first-order valence-corrected chi connectivity index (χ1v) is 3.77. The summed E-state index contributed by atoms with van der Waals surface area (Å²) in [5, 5.41) is 2.54. The summed E-state index contributed by atoms with van der Waals surface area (Å²) < 4.78 is 0. The van der Waals surface area contributed by atoms with Gasteiger partial charge in [0.2, 0.25) is 0 Å². The van der Waals surface area contributed by atoms with Crippen LogP contribution in [0, 0.1) is 0 Å². The molecule has 70 valence electrons. The highest BCUT2D eigenvalue weighted by Gasteiger charge is 2.03. The van der Waals surface area contributed by atoms with Crippen LogP contribution < -0.4 is 5.73 Å². The Labute approximate surface area is 87.2 Å². The van der Waals surface area contributed by atoms with Gasteiger partial charge in [-0.2, -0.15) is 0 Å². The van der Waals surface area contributed by atoms with Crippen molar-refractivity contribution in [3.8, 4) is 0 Å². The van der Waals surface area contributed by atoms with E-state index in [0.29, 0.717) is 12.2 Å². The maximum absolute atomic E-state index is 10.7. The second-order valence-electron chi connectivity index (χ2n) is 1.89. The zero-order chi connectivity index (χ0) is 7.56. The average molecular weight is 229 g/mol. The minimum atomic E-state index is -0.00375. The Balaban J connectivity index is 0. The molecule has 0 amide bonds. The second-order valence-corrected chi connectivity index (χ2v) is 2.83. The molecule has 0 spiro atoms. The van der Waals surface area contributed by atoms with Crippen molar-refractivity contribution < 1.29 is 4.79 Å². The third kappa shape index (κ3) is 3.49. The van der Waals surface area contributed by atoms with E-state index in [0.717, 1.165) is 5.01 Å². The summed E-state index contributed by atoms with van der Waals surface area (Å²) in [6.07, 6.45) is 0. The molecule has 12 heavy (non-hydrogen) atoms. The first kappa shape index (κ1) is 14.4. The van der Waals surface area contributed by atoms with Gasteiger partial charge in [0.1, 0.15) is 10.7 Å². The number of aromatic nitrogens is 1. The molecule has 0 unspecified atom stereocenters. The summed E-state index contributed by atoms with van der Waals surface area (Å²) in [6, 6.07) is 0. The highest BCUT2D eigenvalue weighted by atomic mass is 35.5. The van der Waals surface area contributed by atoms with Gasteiger partial charge in [-0.15, -0.1) is 36.2 Å². The number of rotatable bonds is 2. The number of hydrogen-bond acceptors (Lipinski definition) is 4. The van der Waals surface area contributed by atoms with Gasteiger partial charge in [-0.1, -0.05) is 0 Å². The number of Topliss-reactive ketones (excluding diaryl/α,β-unsaturated/α-hetero) is 1. The summed E-state index contributed by atoms with van der Waals surface area (Å²) in [6.45, 7) is 1.91. The van der Waals surface area contributed by atoms with Crippen LogP contribution in [0.3, 0.4) is 0 Å². The minimum Gasteiger partial charge on any atom is -0.325 e. The SMILES string of the molecule is CC(=O)c1csc(CN)n1.Cl.Cl. The summed E-state index contributed by atoms with van der Waals surface area (Å²) in [4.78, 5) is 14.7. The normalized spacial score (nSPS) is 8.17. The molecule has 1 aromatic rings. The minimum absolute atomic E-state index is 0. The fourth-order valence-corrected chi connectivity index (χ4v) is 1.28. The first-order chi connectivity index (χ1) is 4.74. The summed E-state index contributed by atoms with van der Waals surface area (Å²) in [5.74, 6) is -0.00375. The topological polar surface area (TPSA) is 56.0 Å². The van der Waals surface area contributed by atoms with Crippen LogP contribution in [0.5, 0.6) is 0 Å². The van der Waals surface area contributed by atoms with E-state index in [-0.39, 0.29) is 30.6 Å². The van der Waals surface area contributed by atoms with Crippen molar-refractivity contribution in [2.75, 3.05) is 0 Å². The molecule has 6 heteroatoms. The van der Waals surface area contributed by atoms with Crippen molar-refractivity contribution >= 4 is 41.9 Å². The molecule has 0 aromatic carbocycles. The molecule has 3 nitrogen and oxygen atoms in total. The Morgan fingerprint density at radius 3 is 2.50 bits per heavy atom. The van der Waals surface area contributed by atoms with E-state index in [1.807, 2.05) is 0 Å². The molecule has 1 rings (SSSR count). The maximum atomic E-state index is 10.7. The van der Waals surface area contributed by atoms with Gasteiger partial charge in [0.15, 0.2) is 5.78 Å². The predicted molar refractivity (Wildman–Crippen MR) is 54.5 cm³/mol. The van der Waals surface area contributed by atoms with E-state index in [1.54, 1.807) is 5.38 Å². The zero-order valence-electron chi connectivity index (χ0n) is 6.44.